The summed E-state index contributed by atoms with van der Waals surface area (Å²) in [7, 11) is 4.47. The number of carbonyl (C=O) groups is 2. The summed E-state index contributed by atoms with van der Waals surface area (Å²) < 4.78 is 27.0. The SMILES string of the molecule is COc1ccc(OC)c(NC(=O)C(C)OC(=O)c2ccc(OCc3ccc(Cl)cc3)c(OC)c2)c1. The van der Waals surface area contributed by atoms with E-state index in [0.29, 0.717) is 40.3 Å². The van der Waals surface area contributed by atoms with Crippen LogP contribution in [-0.2, 0) is 16.1 Å². The molecule has 0 fully saturated rings. The fourth-order valence-electron chi connectivity index (χ4n) is 3.08. The van der Waals surface area contributed by atoms with Crippen molar-refractivity contribution in [2.24, 2.45) is 0 Å². The van der Waals surface area contributed by atoms with Crippen LogP contribution in [0.3, 0.4) is 0 Å². The highest BCUT2D eigenvalue weighted by atomic mass is 35.5. The van der Waals surface area contributed by atoms with E-state index in [0.717, 1.165) is 5.56 Å². The van der Waals surface area contributed by atoms with Gasteiger partial charge in [0.25, 0.3) is 5.91 Å². The van der Waals surface area contributed by atoms with Gasteiger partial charge in [-0.25, -0.2) is 4.79 Å². The molecular formula is C26H26ClNO7. The molecule has 1 unspecified atom stereocenters. The van der Waals surface area contributed by atoms with E-state index in [1.807, 2.05) is 12.1 Å². The third kappa shape index (κ3) is 6.80. The van der Waals surface area contributed by atoms with Gasteiger partial charge >= 0.3 is 5.97 Å². The highest BCUT2D eigenvalue weighted by Gasteiger charge is 2.21. The lowest BCUT2D eigenvalue weighted by molar-refractivity contribution is -0.123. The van der Waals surface area contributed by atoms with E-state index in [-0.39, 0.29) is 5.56 Å². The third-order valence-corrected chi connectivity index (χ3v) is 5.28. The minimum atomic E-state index is -1.08. The summed E-state index contributed by atoms with van der Waals surface area (Å²) in [6, 6.07) is 16.9. The first-order valence-corrected chi connectivity index (χ1v) is 11.0. The van der Waals surface area contributed by atoms with Crippen LogP contribution in [0.15, 0.2) is 60.7 Å². The molecule has 0 bridgehead atoms. The molecule has 8 nitrogen and oxygen atoms in total. The molecule has 0 aromatic heterocycles. The molecule has 0 aliphatic carbocycles. The topological polar surface area (TPSA) is 92.3 Å². The highest BCUT2D eigenvalue weighted by Crippen LogP contribution is 2.30. The molecule has 0 saturated heterocycles. The van der Waals surface area contributed by atoms with E-state index in [2.05, 4.69) is 5.32 Å². The van der Waals surface area contributed by atoms with Crippen molar-refractivity contribution in [2.75, 3.05) is 26.6 Å². The molecule has 1 N–H and O–H groups in total. The minimum Gasteiger partial charge on any atom is -0.497 e. The number of anilines is 1. The Bertz CT molecular complexity index is 1180. The van der Waals surface area contributed by atoms with Crippen molar-refractivity contribution in [1.29, 1.82) is 0 Å². The molecular weight excluding hydrogens is 474 g/mol. The average molecular weight is 500 g/mol. The molecule has 1 amide bonds. The number of hydrogen-bond acceptors (Lipinski definition) is 7. The number of benzene rings is 3. The lowest BCUT2D eigenvalue weighted by Crippen LogP contribution is -2.30. The molecule has 0 spiro atoms. The van der Waals surface area contributed by atoms with E-state index < -0.39 is 18.0 Å². The highest BCUT2D eigenvalue weighted by molar-refractivity contribution is 6.30. The molecule has 0 aliphatic rings. The molecule has 0 saturated carbocycles. The molecule has 9 heteroatoms. The van der Waals surface area contributed by atoms with Gasteiger partial charge in [0.2, 0.25) is 0 Å². The van der Waals surface area contributed by atoms with Crippen molar-refractivity contribution in [3.63, 3.8) is 0 Å². The zero-order chi connectivity index (χ0) is 25.4. The van der Waals surface area contributed by atoms with Gasteiger partial charge in [0.05, 0.1) is 32.6 Å². The van der Waals surface area contributed by atoms with Crippen molar-refractivity contribution in [3.05, 3.63) is 76.8 Å². The fraction of sp³-hybridized carbons (Fsp3) is 0.231. The Morgan fingerprint density at radius 1 is 0.857 bits per heavy atom. The van der Waals surface area contributed by atoms with E-state index in [9.17, 15) is 9.59 Å². The summed E-state index contributed by atoms with van der Waals surface area (Å²) in [4.78, 5) is 25.3. The van der Waals surface area contributed by atoms with Crippen molar-refractivity contribution >= 4 is 29.2 Å². The Balaban J connectivity index is 1.64. The second-order valence-electron chi connectivity index (χ2n) is 7.38. The average Bonchev–Trinajstić information content (AvgIpc) is 2.88. The van der Waals surface area contributed by atoms with E-state index in [1.54, 1.807) is 36.4 Å². The number of halogens is 1. The van der Waals surface area contributed by atoms with Crippen LogP contribution in [0, 0.1) is 0 Å². The monoisotopic (exact) mass is 499 g/mol. The number of esters is 1. The Morgan fingerprint density at radius 2 is 1.54 bits per heavy atom. The van der Waals surface area contributed by atoms with Crippen LogP contribution in [0.4, 0.5) is 5.69 Å². The van der Waals surface area contributed by atoms with Gasteiger partial charge in [-0.05, 0) is 55.0 Å². The third-order valence-electron chi connectivity index (χ3n) is 5.02. The molecule has 184 valence electrons. The van der Waals surface area contributed by atoms with Crippen molar-refractivity contribution in [3.8, 4) is 23.0 Å². The van der Waals surface area contributed by atoms with Gasteiger partial charge in [-0.1, -0.05) is 23.7 Å². The van der Waals surface area contributed by atoms with Crippen LogP contribution >= 0.6 is 11.6 Å². The second kappa shape index (κ2) is 12.0. The quantitative estimate of drug-likeness (QED) is 0.386. The number of carbonyl (C=O) groups excluding carboxylic acids is 2. The van der Waals surface area contributed by atoms with Crippen molar-refractivity contribution < 1.29 is 33.3 Å². The fourth-order valence-corrected chi connectivity index (χ4v) is 3.21. The number of rotatable bonds is 10. The van der Waals surface area contributed by atoms with Gasteiger partial charge in [-0.2, -0.15) is 0 Å². The molecule has 0 radical (unpaired) electrons. The molecule has 3 rings (SSSR count). The van der Waals surface area contributed by atoms with Crippen molar-refractivity contribution in [2.45, 2.75) is 19.6 Å². The lowest BCUT2D eigenvalue weighted by atomic mass is 10.2. The molecule has 0 heterocycles. The van der Waals surface area contributed by atoms with E-state index in [4.69, 9.17) is 35.3 Å². The summed E-state index contributed by atoms with van der Waals surface area (Å²) in [6.07, 6.45) is -1.08. The van der Waals surface area contributed by atoms with Gasteiger partial charge in [0.1, 0.15) is 18.1 Å². The van der Waals surface area contributed by atoms with Crippen molar-refractivity contribution in [1.82, 2.24) is 0 Å². The summed E-state index contributed by atoms with van der Waals surface area (Å²) in [6.45, 7) is 1.77. The molecule has 0 aliphatic heterocycles. The number of amides is 1. The number of ether oxygens (including phenoxy) is 5. The molecule has 35 heavy (non-hydrogen) atoms. The maximum Gasteiger partial charge on any atom is 0.339 e. The zero-order valence-electron chi connectivity index (χ0n) is 19.8. The predicted octanol–water partition coefficient (Wildman–Crippen LogP) is 5.13. The zero-order valence-corrected chi connectivity index (χ0v) is 20.5. The molecule has 3 aromatic rings. The lowest BCUT2D eigenvalue weighted by Gasteiger charge is -2.16. The first-order valence-electron chi connectivity index (χ1n) is 10.6. The standard InChI is InChI=1S/C26H26ClNO7/c1-16(25(29)28-21-14-20(31-2)10-12-22(21)32-3)35-26(30)18-7-11-23(24(13-18)33-4)34-15-17-5-8-19(27)9-6-17/h5-14,16H,15H2,1-4H3,(H,28,29). The Hall–Kier alpha value is -3.91. The van der Waals surface area contributed by atoms with Crippen LogP contribution in [-0.4, -0.2) is 39.3 Å². The van der Waals surface area contributed by atoms with Gasteiger partial charge in [0.15, 0.2) is 17.6 Å². The van der Waals surface area contributed by atoms with Gasteiger partial charge in [-0.3, -0.25) is 4.79 Å². The van der Waals surface area contributed by atoms with Gasteiger partial charge in [0, 0.05) is 11.1 Å². The van der Waals surface area contributed by atoms with Crippen LogP contribution in [0.25, 0.3) is 0 Å². The minimum absolute atomic E-state index is 0.208. The van der Waals surface area contributed by atoms with E-state index in [1.165, 1.54) is 40.4 Å². The first kappa shape index (κ1) is 25.7. The number of hydrogen-bond donors (Lipinski definition) is 1. The summed E-state index contributed by atoms with van der Waals surface area (Å²) in [5, 5.41) is 3.32. The normalized spacial score (nSPS) is 11.2. The van der Waals surface area contributed by atoms with Crippen LogP contribution in [0.2, 0.25) is 5.02 Å². The molecule has 3 aromatic carbocycles. The number of nitrogens with one attached hydrogen (secondary N) is 1. The summed E-state index contributed by atoms with van der Waals surface area (Å²) in [5.74, 6) is 0.571. The number of methoxy groups -OCH3 is 3. The van der Waals surface area contributed by atoms with Gasteiger partial charge in [-0.15, -0.1) is 0 Å². The maximum absolute atomic E-state index is 12.7. The Labute approximate surface area is 208 Å². The van der Waals surface area contributed by atoms with Crippen LogP contribution < -0.4 is 24.3 Å². The second-order valence-corrected chi connectivity index (χ2v) is 7.82. The largest absolute Gasteiger partial charge is 0.497 e. The Kier molecular flexibility index (Phi) is 8.80. The van der Waals surface area contributed by atoms with E-state index >= 15 is 0 Å². The summed E-state index contributed by atoms with van der Waals surface area (Å²) in [5.41, 5.74) is 1.52. The van der Waals surface area contributed by atoms with Crippen LogP contribution in [0.5, 0.6) is 23.0 Å². The smallest absolute Gasteiger partial charge is 0.339 e. The van der Waals surface area contributed by atoms with Crippen LogP contribution in [0.1, 0.15) is 22.8 Å². The summed E-state index contributed by atoms with van der Waals surface area (Å²) >= 11 is 5.91. The molecule has 1 atom stereocenters. The van der Waals surface area contributed by atoms with Gasteiger partial charge < -0.3 is 29.0 Å². The first-order chi connectivity index (χ1) is 16.8. The maximum atomic E-state index is 12.7. The predicted molar refractivity (Wildman–Crippen MR) is 132 cm³/mol. The Morgan fingerprint density at radius 3 is 2.20 bits per heavy atom.